The molecule has 148 valence electrons. The Kier molecular flexibility index (Phi) is 6.92. The highest BCUT2D eigenvalue weighted by molar-refractivity contribution is 5.82. The Balaban J connectivity index is 1.42. The van der Waals surface area contributed by atoms with Crippen molar-refractivity contribution in [3.8, 4) is 0 Å². The molecule has 0 aliphatic carbocycles. The molecule has 3 fully saturated rings. The molecule has 0 bridgehead atoms. The molecule has 0 aromatic carbocycles. The van der Waals surface area contributed by atoms with E-state index in [2.05, 4.69) is 34.3 Å². The fourth-order valence-electron chi connectivity index (χ4n) is 4.63. The van der Waals surface area contributed by atoms with Crippen molar-refractivity contribution in [2.45, 2.75) is 64.5 Å². The van der Waals surface area contributed by atoms with Crippen LogP contribution in [-0.4, -0.2) is 73.0 Å². The van der Waals surface area contributed by atoms with E-state index in [-0.39, 0.29) is 17.9 Å². The summed E-state index contributed by atoms with van der Waals surface area (Å²) in [4.78, 5) is 29.7. The molecule has 3 heterocycles. The Morgan fingerprint density at radius 1 is 1.08 bits per heavy atom. The molecular weight excluding hydrogens is 328 g/mol. The second-order valence-corrected chi connectivity index (χ2v) is 8.59. The number of hydrogen-bond acceptors (Lipinski definition) is 4. The highest BCUT2D eigenvalue weighted by Crippen LogP contribution is 2.24. The van der Waals surface area contributed by atoms with Crippen LogP contribution < -0.4 is 10.6 Å². The fraction of sp³-hybridized carbons (Fsp3) is 0.900. The second kappa shape index (κ2) is 9.18. The number of hydrogen-bond donors (Lipinski definition) is 2. The number of likely N-dealkylation sites (tertiary alicyclic amines) is 2. The average molecular weight is 365 g/mol. The van der Waals surface area contributed by atoms with E-state index >= 15 is 0 Å². The van der Waals surface area contributed by atoms with Gasteiger partial charge in [0.25, 0.3) is 0 Å². The zero-order valence-corrected chi connectivity index (χ0v) is 16.5. The molecule has 3 rings (SSSR count). The van der Waals surface area contributed by atoms with Crippen LogP contribution in [0.1, 0.15) is 52.4 Å². The van der Waals surface area contributed by atoms with Crippen molar-refractivity contribution in [3.05, 3.63) is 0 Å². The number of carbonyl (C=O) groups is 2. The van der Waals surface area contributed by atoms with E-state index in [0.717, 1.165) is 71.2 Å². The first kappa shape index (κ1) is 19.6. The summed E-state index contributed by atoms with van der Waals surface area (Å²) in [5, 5.41) is 6.35. The van der Waals surface area contributed by atoms with Gasteiger partial charge in [-0.3, -0.25) is 9.59 Å². The molecule has 0 radical (unpaired) electrons. The maximum absolute atomic E-state index is 12.9. The number of rotatable bonds is 5. The molecule has 3 saturated heterocycles. The van der Waals surface area contributed by atoms with Gasteiger partial charge in [0.2, 0.25) is 11.8 Å². The van der Waals surface area contributed by atoms with Crippen LogP contribution in [0, 0.1) is 11.8 Å². The van der Waals surface area contributed by atoms with Crippen LogP contribution in [0.25, 0.3) is 0 Å². The predicted molar refractivity (Wildman–Crippen MR) is 103 cm³/mol. The lowest BCUT2D eigenvalue weighted by Gasteiger charge is -2.39. The lowest BCUT2D eigenvalue weighted by Crippen LogP contribution is -2.49. The van der Waals surface area contributed by atoms with Crippen LogP contribution in [0.2, 0.25) is 0 Å². The summed E-state index contributed by atoms with van der Waals surface area (Å²) in [6.45, 7) is 9.87. The predicted octanol–water partition coefficient (Wildman–Crippen LogP) is 1.21. The molecule has 0 aromatic heterocycles. The van der Waals surface area contributed by atoms with Crippen molar-refractivity contribution in [2.75, 3.05) is 39.3 Å². The van der Waals surface area contributed by atoms with E-state index in [9.17, 15) is 9.59 Å². The highest BCUT2D eigenvalue weighted by atomic mass is 16.2. The highest BCUT2D eigenvalue weighted by Gasteiger charge is 2.32. The standard InChI is InChI=1S/C20H36N4O2/c1-15(2)23-11-7-17(8-12-23)20(26)24-10-4-5-16(14-24)13-22-19(25)18-6-3-9-21-18/h15-18,21H,3-14H2,1-2H3,(H,22,25). The Labute approximate surface area is 158 Å². The summed E-state index contributed by atoms with van der Waals surface area (Å²) in [5.41, 5.74) is 0. The molecule has 26 heavy (non-hydrogen) atoms. The fourth-order valence-corrected chi connectivity index (χ4v) is 4.63. The van der Waals surface area contributed by atoms with Gasteiger partial charge in [-0.1, -0.05) is 0 Å². The van der Waals surface area contributed by atoms with Crippen molar-refractivity contribution in [1.29, 1.82) is 0 Å². The number of nitrogens with one attached hydrogen (secondary N) is 2. The summed E-state index contributed by atoms with van der Waals surface area (Å²) in [6, 6.07) is 0.561. The third-order valence-corrected chi connectivity index (χ3v) is 6.38. The van der Waals surface area contributed by atoms with Crippen LogP contribution in [-0.2, 0) is 9.59 Å². The maximum Gasteiger partial charge on any atom is 0.237 e. The Bertz CT molecular complexity index is 482. The number of carbonyl (C=O) groups excluding carboxylic acids is 2. The molecule has 6 nitrogen and oxygen atoms in total. The smallest absolute Gasteiger partial charge is 0.237 e. The van der Waals surface area contributed by atoms with E-state index < -0.39 is 0 Å². The molecule has 0 aromatic rings. The van der Waals surface area contributed by atoms with Gasteiger partial charge in [0.1, 0.15) is 0 Å². The van der Waals surface area contributed by atoms with Gasteiger partial charge >= 0.3 is 0 Å². The molecule has 2 unspecified atom stereocenters. The van der Waals surface area contributed by atoms with Crippen LogP contribution >= 0.6 is 0 Å². The Morgan fingerprint density at radius 3 is 2.50 bits per heavy atom. The SMILES string of the molecule is CC(C)N1CCC(C(=O)N2CCCC(CNC(=O)C3CCCN3)C2)CC1. The molecule has 0 spiro atoms. The van der Waals surface area contributed by atoms with Crippen molar-refractivity contribution in [2.24, 2.45) is 11.8 Å². The zero-order chi connectivity index (χ0) is 18.5. The average Bonchev–Trinajstić information content (AvgIpc) is 3.21. The number of piperidine rings is 2. The first-order valence-electron chi connectivity index (χ1n) is 10.6. The van der Waals surface area contributed by atoms with Crippen molar-refractivity contribution >= 4 is 11.8 Å². The van der Waals surface area contributed by atoms with Crippen LogP contribution in [0.3, 0.4) is 0 Å². The Hall–Kier alpha value is -1.14. The number of amides is 2. The molecule has 6 heteroatoms. The van der Waals surface area contributed by atoms with E-state index in [4.69, 9.17) is 0 Å². The third kappa shape index (κ3) is 4.97. The van der Waals surface area contributed by atoms with Crippen LogP contribution in [0.5, 0.6) is 0 Å². The molecular formula is C20H36N4O2. The van der Waals surface area contributed by atoms with Crippen molar-refractivity contribution < 1.29 is 9.59 Å². The Morgan fingerprint density at radius 2 is 1.85 bits per heavy atom. The van der Waals surface area contributed by atoms with Crippen LogP contribution in [0.15, 0.2) is 0 Å². The van der Waals surface area contributed by atoms with Crippen LogP contribution in [0.4, 0.5) is 0 Å². The summed E-state index contributed by atoms with van der Waals surface area (Å²) in [7, 11) is 0. The summed E-state index contributed by atoms with van der Waals surface area (Å²) in [6.07, 6.45) is 6.16. The summed E-state index contributed by atoms with van der Waals surface area (Å²) < 4.78 is 0. The van der Waals surface area contributed by atoms with Gasteiger partial charge in [-0.05, 0) is 77.9 Å². The van der Waals surface area contributed by atoms with Gasteiger partial charge in [-0.15, -0.1) is 0 Å². The van der Waals surface area contributed by atoms with Gasteiger partial charge in [0.15, 0.2) is 0 Å². The molecule has 2 amide bonds. The third-order valence-electron chi connectivity index (χ3n) is 6.38. The van der Waals surface area contributed by atoms with Crippen molar-refractivity contribution in [1.82, 2.24) is 20.4 Å². The normalized spacial score (nSPS) is 28.5. The molecule has 3 aliphatic heterocycles. The van der Waals surface area contributed by atoms with Gasteiger partial charge in [0, 0.05) is 31.6 Å². The summed E-state index contributed by atoms with van der Waals surface area (Å²) >= 11 is 0. The second-order valence-electron chi connectivity index (χ2n) is 8.59. The van der Waals surface area contributed by atoms with E-state index in [0.29, 0.717) is 24.4 Å². The zero-order valence-electron chi connectivity index (χ0n) is 16.5. The van der Waals surface area contributed by atoms with E-state index in [1.165, 1.54) is 0 Å². The minimum Gasteiger partial charge on any atom is -0.354 e. The monoisotopic (exact) mass is 364 g/mol. The first-order valence-corrected chi connectivity index (χ1v) is 10.6. The van der Waals surface area contributed by atoms with Crippen molar-refractivity contribution in [3.63, 3.8) is 0 Å². The van der Waals surface area contributed by atoms with Gasteiger partial charge in [-0.2, -0.15) is 0 Å². The lowest BCUT2D eigenvalue weighted by atomic mass is 9.91. The number of nitrogens with zero attached hydrogens (tertiary/aromatic N) is 2. The minimum absolute atomic E-state index is 0.0116. The van der Waals surface area contributed by atoms with E-state index in [1.807, 2.05) is 0 Å². The molecule has 0 saturated carbocycles. The molecule has 3 aliphatic rings. The van der Waals surface area contributed by atoms with Gasteiger partial charge in [0.05, 0.1) is 6.04 Å². The largest absolute Gasteiger partial charge is 0.354 e. The quantitative estimate of drug-likeness (QED) is 0.770. The van der Waals surface area contributed by atoms with E-state index in [1.54, 1.807) is 0 Å². The minimum atomic E-state index is -0.0116. The maximum atomic E-state index is 12.9. The van der Waals surface area contributed by atoms with Gasteiger partial charge in [-0.25, -0.2) is 0 Å². The first-order chi connectivity index (χ1) is 12.5. The molecule has 2 N–H and O–H groups in total. The summed E-state index contributed by atoms with van der Waals surface area (Å²) in [5.74, 6) is 1.07. The molecule has 2 atom stereocenters. The van der Waals surface area contributed by atoms with Gasteiger partial charge < -0.3 is 20.4 Å². The topological polar surface area (TPSA) is 64.7 Å². The lowest BCUT2D eigenvalue weighted by molar-refractivity contribution is -0.139.